The highest BCUT2D eigenvalue weighted by molar-refractivity contribution is 7.92. The summed E-state index contributed by atoms with van der Waals surface area (Å²) in [6.45, 7) is -0.496. The number of hydrogen-bond donors (Lipinski definition) is 2. The number of hydrogen-bond acceptors (Lipinski definition) is 6. The molecule has 0 amide bonds. The Morgan fingerprint density at radius 3 is 2.15 bits per heavy atom. The van der Waals surface area contributed by atoms with E-state index in [9.17, 15) is 21.6 Å². The van der Waals surface area contributed by atoms with Gasteiger partial charge in [0.25, 0.3) is 0 Å². The number of esters is 1. The van der Waals surface area contributed by atoms with Crippen LogP contribution >= 0.6 is 0 Å². The monoisotopic (exact) mass is 398 g/mol. The number of rotatable bonds is 8. The molecule has 0 heterocycles. The van der Waals surface area contributed by atoms with Gasteiger partial charge in [-0.05, 0) is 29.8 Å². The summed E-state index contributed by atoms with van der Waals surface area (Å²) < 4.78 is 57.2. The van der Waals surface area contributed by atoms with Gasteiger partial charge in [-0.3, -0.25) is 9.52 Å². The van der Waals surface area contributed by atoms with Gasteiger partial charge in [0.15, 0.2) is 0 Å². The standard InChI is InChI=1S/C16H18N2O6S2/c1-24-16(19)11-17-26(22,23)15-9-7-14(8-10-15)18-25(20,21)12-13-5-3-2-4-6-13/h2-10,17-18H,11-12H2,1H3. The van der Waals surface area contributed by atoms with Crippen molar-refractivity contribution in [2.75, 3.05) is 18.4 Å². The maximum atomic E-state index is 12.2. The fourth-order valence-electron chi connectivity index (χ4n) is 2.02. The summed E-state index contributed by atoms with van der Waals surface area (Å²) in [4.78, 5) is 10.9. The van der Waals surface area contributed by atoms with Gasteiger partial charge in [0, 0.05) is 5.69 Å². The van der Waals surface area contributed by atoms with Crippen LogP contribution in [0.3, 0.4) is 0 Å². The normalized spacial score (nSPS) is 11.7. The summed E-state index contributed by atoms with van der Waals surface area (Å²) in [6.07, 6.45) is 0. The average Bonchev–Trinajstić information content (AvgIpc) is 2.60. The summed E-state index contributed by atoms with van der Waals surface area (Å²) in [6, 6.07) is 13.8. The first kappa shape index (κ1) is 19.9. The average molecular weight is 398 g/mol. The molecule has 0 spiro atoms. The lowest BCUT2D eigenvalue weighted by Crippen LogP contribution is -2.30. The van der Waals surface area contributed by atoms with Gasteiger partial charge in [0.2, 0.25) is 20.0 Å². The zero-order chi connectivity index (χ0) is 19.2. The topological polar surface area (TPSA) is 119 Å². The van der Waals surface area contributed by atoms with Gasteiger partial charge in [-0.25, -0.2) is 16.8 Å². The van der Waals surface area contributed by atoms with E-state index in [0.717, 1.165) is 7.11 Å². The minimum absolute atomic E-state index is 0.104. The van der Waals surface area contributed by atoms with Crippen molar-refractivity contribution in [3.8, 4) is 0 Å². The Morgan fingerprint density at radius 1 is 0.962 bits per heavy atom. The van der Waals surface area contributed by atoms with Crippen molar-refractivity contribution in [2.45, 2.75) is 10.6 Å². The van der Waals surface area contributed by atoms with Gasteiger partial charge < -0.3 is 4.74 Å². The lowest BCUT2D eigenvalue weighted by Gasteiger charge is -2.10. The van der Waals surface area contributed by atoms with Gasteiger partial charge in [0.1, 0.15) is 6.54 Å². The highest BCUT2D eigenvalue weighted by Gasteiger charge is 2.17. The lowest BCUT2D eigenvalue weighted by molar-refractivity contribution is -0.139. The van der Waals surface area contributed by atoms with Crippen molar-refractivity contribution >= 4 is 31.7 Å². The van der Waals surface area contributed by atoms with Crippen LogP contribution in [0.25, 0.3) is 0 Å². The van der Waals surface area contributed by atoms with Crippen LogP contribution < -0.4 is 9.44 Å². The molecule has 0 aliphatic carbocycles. The molecule has 0 aliphatic heterocycles. The van der Waals surface area contributed by atoms with E-state index in [2.05, 4.69) is 14.2 Å². The zero-order valence-electron chi connectivity index (χ0n) is 13.9. The molecular formula is C16H18N2O6S2. The number of sulfonamides is 2. The summed E-state index contributed by atoms with van der Waals surface area (Å²) in [7, 11) is -6.39. The highest BCUT2D eigenvalue weighted by atomic mass is 32.2. The Hall–Kier alpha value is -2.43. The van der Waals surface area contributed by atoms with Crippen LogP contribution in [-0.2, 0) is 35.3 Å². The molecule has 0 saturated carbocycles. The van der Waals surface area contributed by atoms with Crippen LogP contribution in [-0.4, -0.2) is 36.5 Å². The Bertz CT molecular complexity index is 956. The quantitative estimate of drug-likeness (QED) is 0.643. The fourth-order valence-corrected chi connectivity index (χ4v) is 4.19. The van der Waals surface area contributed by atoms with E-state index < -0.39 is 32.6 Å². The molecule has 0 fully saturated rings. The molecule has 140 valence electrons. The molecule has 26 heavy (non-hydrogen) atoms. The van der Waals surface area contributed by atoms with E-state index in [1.54, 1.807) is 30.3 Å². The van der Waals surface area contributed by atoms with E-state index in [-0.39, 0.29) is 16.3 Å². The molecule has 0 atom stereocenters. The largest absolute Gasteiger partial charge is 0.468 e. The second-order valence-corrected chi connectivity index (χ2v) is 8.76. The second kappa shape index (κ2) is 8.30. The van der Waals surface area contributed by atoms with Gasteiger partial charge in [-0.2, -0.15) is 4.72 Å². The molecule has 10 heteroatoms. The molecule has 0 aliphatic rings. The SMILES string of the molecule is COC(=O)CNS(=O)(=O)c1ccc(NS(=O)(=O)Cc2ccccc2)cc1. The number of ether oxygens (including phenoxy) is 1. The molecular weight excluding hydrogens is 380 g/mol. The summed E-state index contributed by atoms with van der Waals surface area (Å²) in [5.74, 6) is -0.923. The number of anilines is 1. The van der Waals surface area contributed by atoms with Crippen molar-refractivity contribution in [1.82, 2.24) is 4.72 Å². The zero-order valence-corrected chi connectivity index (χ0v) is 15.5. The molecule has 2 aromatic carbocycles. The number of methoxy groups -OCH3 is 1. The van der Waals surface area contributed by atoms with Crippen molar-refractivity contribution < 1.29 is 26.4 Å². The third kappa shape index (κ3) is 5.83. The van der Waals surface area contributed by atoms with E-state index >= 15 is 0 Å². The first-order chi connectivity index (χ1) is 12.2. The summed E-state index contributed by atoms with van der Waals surface area (Å²) in [5.41, 5.74) is 0.860. The van der Waals surface area contributed by atoms with E-state index in [1.165, 1.54) is 24.3 Å². The predicted octanol–water partition coefficient (Wildman–Crippen LogP) is 1.08. The number of carbonyl (C=O) groups is 1. The van der Waals surface area contributed by atoms with Crippen molar-refractivity contribution in [3.63, 3.8) is 0 Å². The first-order valence-electron chi connectivity index (χ1n) is 7.43. The molecule has 2 N–H and O–H groups in total. The van der Waals surface area contributed by atoms with Gasteiger partial charge in [0.05, 0.1) is 17.8 Å². The van der Waals surface area contributed by atoms with E-state index in [0.29, 0.717) is 5.56 Å². The lowest BCUT2D eigenvalue weighted by atomic mass is 10.2. The Balaban J connectivity index is 2.06. The molecule has 0 saturated heterocycles. The Labute approximate surface area is 152 Å². The molecule has 0 bridgehead atoms. The minimum atomic E-state index is -3.90. The third-order valence-electron chi connectivity index (χ3n) is 3.27. The van der Waals surface area contributed by atoms with Crippen LogP contribution in [0.15, 0.2) is 59.5 Å². The Kier molecular flexibility index (Phi) is 6.35. The van der Waals surface area contributed by atoms with Crippen LogP contribution in [0.4, 0.5) is 5.69 Å². The minimum Gasteiger partial charge on any atom is -0.468 e. The van der Waals surface area contributed by atoms with Crippen LogP contribution in [0, 0.1) is 0 Å². The van der Waals surface area contributed by atoms with Crippen LogP contribution in [0.5, 0.6) is 0 Å². The van der Waals surface area contributed by atoms with Crippen LogP contribution in [0.2, 0.25) is 0 Å². The molecule has 2 rings (SSSR count). The fraction of sp³-hybridized carbons (Fsp3) is 0.188. The molecule has 0 radical (unpaired) electrons. The summed E-state index contributed by atoms with van der Waals surface area (Å²) in [5, 5.41) is 0. The van der Waals surface area contributed by atoms with Crippen molar-refractivity contribution in [1.29, 1.82) is 0 Å². The van der Waals surface area contributed by atoms with Crippen molar-refractivity contribution in [2.24, 2.45) is 0 Å². The predicted molar refractivity (Wildman–Crippen MR) is 96.3 cm³/mol. The van der Waals surface area contributed by atoms with Gasteiger partial charge >= 0.3 is 5.97 Å². The molecule has 0 unspecified atom stereocenters. The molecule has 0 aromatic heterocycles. The smallest absolute Gasteiger partial charge is 0.320 e. The van der Waals surface area contributed by atoms with Gasteiger partial charge in [-0.1, -0.05) is 30.3 Å². The number of nitrogens with one attached hydrogen (secondary N) is 2. The van der Waals surface area contributed by atoms with Crippen molar-refractivity contribution in [3.05, 3.63) is 60.2 Å². The summed E-state index contributed by atoms with van der Waals surface area (Å²) >= 11 is 0. The maximum absolute atomic E-state index is 12.2. The van der Waals surface area contributed by atoms with E-state index in [4.69, 9.17) is 0 Å². The van der Waals surface area contributed by atoms with E-state index in [1.807, 2.05) is 0 Å². The molecule has 8 nitrogen and oxygen atoms in total. The maximum Gasteiger partial charge on any atom is 0.320 e. The second-order valence-electron chi connectivity index (χ2n) is 5.27. The number of carbonyl (C=O) groups excluding carboxylic acids is 1. The third-order valence-corrected chi connectivity index (χ3v) is 5.95. The Morgan fingerprint density at radius 2 is 1.58 bits per heavy atom. The van der Waals surface area contributed by atoms with Gasteiger partial charge in [-0.15, -0.1) is 0 Å². The molecule has 2 aromatic rings. The first-order valence-corrected chi connectivity index (χ1v) is 10.6. The number of benzene rings is 2. The highest BCUT2D eigenvalue weighted by Crippen LogP contribution is 2.16. The van der Waals surface area contributed by atoms with Crippen LogP contribution in [0.1, 0.15) is 5.56 Å².